The van der Waals surface area contributed by atoms with Gasteiger partial charge in [0, 0.05) is 27.6 Å². The van der Waals surface area contributed by atoms with Crippen LogP contribution in [0, 0.1) is 0 Å². The summed E-state index contributed by atoms with van der Waals surface area (Å²) in [4.78, 5) is 10.8. The summed E-state index contributed by atoms with van der Waals surface area (Å²) in [5.41, 5.74) is 9.85. The lowest BCUT2D eigenvalue weighted by Gasteiger charge is -2.10. The van der Waals surface area contributed by atoms with E-state index in [1.165, 1.54) is 0 Å². The standard InChI is InChI=1S/C40H24N2O3S/c43-46(44)35-23-29(26-12-6-2-7-13-26)16-19-31(35)32-20-17-30(24-36(32)46)38-37(27-14-8-3-9-15-27)41-39-33-22-28(25-10-4-1-5-11-25)18-21-34(33)45-40(39)42-38/h1-24H. The fraction of sp³-hybridized carbons (Fsp3) is 0. The minimum Gasteiger partial charge on any atom is -0.436 e. The Morgan fingerprint density at radius 3 is 1.59 bits per heavy atom. The molecule has 0 spiro atoms. The fourth-order valence-electron chi connectivity index (χ4n) is 6.39. The number of fused-ring (bicyclic) bond motifs is 6. The van der Waals surface area contributed by atoms with E-state index >= 15 is 0 Å². The van der Waals surface area contributed by atoms with E-state index in [0.29, 0.717) is 49.8 Å². The molecule has 0 saturated heterocycles. The van der Waals surface area contributed by atoms with Gasteiger partial charge in [-0.15, -0.1) is 0 Å². The van der Waals surface area contributed by atoms with Crippen molar-refractivity contribution < 1.29 is 12.8 Å². The molecule has 9 rings (SSSR count). The third-order valence-corrected chi connectivity index (χ3v) is 10.5. The van der Waals surface area contributed by atoms with Gasteiger partial charge in [-0.1, -0.05) is 121 Å². The minimum atomic E-state index is -3.77. The Balaban J connectivity index is 1.22. The monoisotopic (exact) mass is 612 g/mol. The van der Waals surface area contributed by atoms with Gasteiger partial charge in [-0.25, -0.2) is 18.4 Å². The van der Waals surface area contributed by atoms with Gasteiger partial charge in [-0.05, 0) is 46.5 Å². The summed E-state index contributed by atoms with van der Waals surface area (Å²) in [7, 11) is -3.77. The summed E-state index contributed by atoms with van der Waals surface area (Å²) in [6.45, 7) is 0. The minimum absolute atomic E-state index is 0.267. The maximum atomic E-state index is 14.0. The maximum absolute atomic E-state index is 14.0. The van der Waals surface area contributed by atoms with Crippen molar-refractivity contribution in [2.75, 3.05) is 0 Å². The Bertz CT molecular complexity index is 2580. The molecule has 0 radical (unpaired) electrons. The molecule has 0 bridgehead atoms. The number of furan rings is 1. The molecule has 0 aliphatic carbocycles. The van der Waals surface area contributed by atoms with Crippen LogP contribution in [0.15, 0.2) is 160 Å². The Kier molecular flexibility index (Phi) is 5.82. The van der Waals surface area contributed by atoms with E-state index < -0.39 is 9.84 Å². The number of rotatable bonds is 4. The zero-order valence-corrected chi connectivity index (χ0v) is 25.2. The molecule has 6 heteroatoms. The molecule has 46 heavy (non-hydrogen) atoms. The van der Waals surface area contributed by atoms with Gasteiger partial charge in [0.2, 0.25) is 15.6 Å². The molecule has 6 aromatic carbocycles. The van der Waals surface area contributed by atoms with E-state index in [4.69, 9.17) is 14.4 Å². The Morgan fingerprint density at radius 2 is 0.957 bits per heavy atom. The molecular formula is C40H24N2O3S. The van der Waals surface area contributed by atoms with Crippen LogP contribution in [0.5, 0.6) is 0 Å². The summed E-state index contributed by atoms with van der Waals surface area (Å²) in [5.74, 6) is 0. The molecule has 0 atom stereocenters. The second kappa shape index (κ2) is 10.1. The second-order valence-corrected chi connectivity index (χ2v) is 13.3. The first-order valence-electron chi connectivity index (χ1n) is 15.0. The second-order valence-electron chi connectivity index (χ2n) is 11.4. The number of hydrogen-bond acceptors (Lipinski definition) is 5. The van der Waals surface area contributed by atoms with Crippen molar-refractivity contribution in [2.45, 2.75) is 9.79 Å². The molecule has 0 saturated carbocycles. The molecule has 3 heterocycles. The van der Waals surface area contributed by atoms with Gasteiger partial charge in [-0.3, -0.25) is 0 Å². The molecular weight excluding hydrogens is 589 g/mol. The van der Waals surface area contributed by atoms with Crippen molar-refractivity contribution in [3.63, 3.8) is 0 Å². The van der Waals surface area contributed by atoms with Crippen molar-refractivity contribution in [2.24, 2.45) is 0 Å². The van der Waals surface area contributed by atoms with Gasteiger partial charge >= 0.3 is 0 Å². The third kappa shape index (κ3) is 4.11. The number of hydrogen-bond donors (Lipinski definition) is 0. The summed E-state index contributed by atoms with van der Waals surface area (Å²) < 4.78 is 34.3. The molecule has 2 aromatic heterocycles. The van der Waals surface area contributed by atoms with Crippen LogP contribution in [0.3, 0.4) is 0 Å². The third-order valence-electron chi connectivity index (χ3n) is 8.67. The van der Waals surface area contributed by atoms with Crippen molar-refractivity contribution >= 4 is 32.0 Å². The first-order valence-corrected chi connectivity index (χ1v) is 16.5. The van der Waals surface area contributed by atoms with Crippen molar-refractivity contribution in [1.82, 2.24) is 9.97 Å². The first kappa shape index (κ1) is 26.5. The summed E-state index contributed by atoms with van der Waals surface area (Å²) >= 11 is 0. The number of sulfone groups is 1. The molecule has 218 valence electrons. The smallest absolute Gasteiger partial charge is 0.246 e. The predicted molar refractivity (Wildman–Crippen MR) is 182 cm³/mol. The quantitative estimate of drug-likeness (QED) is 0.198. The van der Waals surface area contributed by atoms with Gasteiger partial charge in [0.1, 0.15) is 16.8 Å². The normalized spacial score (nSPS) is 13.1. The lowest BCUT2D eigenvalue weighted by atomic mass is 9.98. The van der Waals surface area contributed by atoms with Crippen molar-refractivity contribution in [3.05, 3.63) is 146 Å². The molecule has 0 amide bonds. The maximum Gasteiger partial charge on any atom is 0.246 e. The van der Waals surface area contributed by atoms with Crippen LogP contribution in [-0.2, 0) is 9.84 Å². The topological polar surface area (TPSA) is 73.1 Å². The average molecular weight is 613 g/mol. The molecule has 0 unspecified atom stereocenters. The first-order chi connectivity index (χ1) is 22.5. The van der Waals surface area contributed by atoms with Gasteiger partial charge in [0.05, 0.1) is 15.5 Å². The van der Waals surface area contributed by atoms with E-state index in [9.17, 15) is 8.42 Å². The van der Waals surface area contributed by atoms with Crippen LogP contribution in [0.25, 0.3) is 78.1 Å². The van der Waals surface area contributed by atoms with Gasteiger partial charge in [0.25, 0.3) is 0 Å². The molecule has 5 nitrogen and oxygen atoms in total. The zero-order valence-electron chi connectivity index (χ0n) is 24.4. The molecule has 1 aliphatic rings. The Morgan fingerprint density at radius 1 is 0.457 bits per heavy atom. The van der Waals surface area contributed by atoms with Crippen LogP contribution in [-0.4, -0.2) is 18.4 Å². The van der Waals surface area contributed by atoms with Crippen molar-refractivity contribution in [3.8, 4) is 55.9 Å². The lowest BCUT2D eigenvalue weighted by molar-refractivity contribution is 0.599. The largest absolute Gasteiger partial charge is 0.436 e. The number of nitrogens with zero attached hydrogens (tertiary/aromatic N) is 2. The fourth-order valence-corrected chi connectivity index (χ4v) is 8.13. The van der Waals surface area contributed by atoms with E-state index in [0.717, 1.165) is 33.2 Å². The van der Waals surface area contributed by atoms with Crippen LogP contribution in [0.1, 0.15) is 0 Å². The lowest BCUT2D eigenvalue weighted by Crippen LogP contribution is -1.99. The van der Waals surface area contributed by atoms with Crippen LogP contribution >= 0.6 is 0 Å². The van der Waals surface area contributed by atoms with E-state index in [-0.39, 0.29) is 4.90 Å². The van der Waals surface area contributed by atoms with Crippen LogP contribution in [0.2, 0.25) is 0 Å². The Hall–Kier alpha value is -5.85. The van der Waals surface area contributed by atoms with E-state index in [1.807, 2.05) is 115 Å². The van der Waals surface area contributed by atoms with Gasteiger partial charge < -0.3 is 4.42 Å². The highest BCUT2D eigenvalue weighted by molar-refractivity contribution is 7.92. The summed E-state index contributed by atoms with van der Waals surface area (Å²) in [6, 6.07) is 47.1. The molecule has 1 aliphatic heterocycles. The van der Waals surface area contributed by atoms with Crippen LogP contribution < -0.4 is 0 Å². The summed E-state index contributed by atoms with van der Waals surface area (Å²) in [6.07, 6.45) is 0. The molecule has 0 fully saturated rings. The predicted octanol–water partition coefficient (Wildman–Crippen LogP) is 9.86. The highest BCUT2D eigenvalue weighted by atomic mass is 32.2. The van der Waals surface area contributed by atoms with Gasteiger partial charge in [-0.2, -0.15) is 0 Å². The van der Waals surface area contributed by atoms with Gasteiger partial charge in [0.15, 0.2) is 0 Å². The number of aromatic nitrogens is 2. The highest BCUT2D eigenvalue weighted by Crippen LogP contribution is 2.46. The molecule has 0 N–H and O–H groups in total. The Labute approximate surface area is 265 Å². The van der Waals surface area contributed by atoms with E-state index in [1.54, 1.807) is 12.1 Å². The summed E-state index contributed by atoms with van der Waals surface area (Å²) in [5, 5.41) is 0.869. The zero-order chi connectivity index (χ0) is 30.8. The SMILES string of the molecule is O=S1(=O)c2cc(-c3ccccc3)ccc2-c2ccc(-c3nc4oc5ccc(-c6ccccc6)cc5c4nc3-c3ccccc3)cc21. The van der Waals surface area contributed by atoms with Crippen LogP contribution in [0.4, 0.5) is 0 Å². The average Bonchev–Trinajstić information content (AvgIpc) is 3.59. The molecule has 8 aromatic rings. The number of benzene rings is 6. The van der Waals surface area contributed by atoms with Crippen molar-refractivity contribution in [1.29, 1.82) is 0 Å². The van der Waals surface area contributed by atoms with E-state index in [2.05, 4.69) is 18.2 Å². The highest BCUT2D eigenvalue weighted by Gasteiger charge is 2.34.